The highest BCUT2D eigenvalue weighted by molar-refractivity contribution is 7.89. The molecular formula is C14H17N3O3S. The summed E-state index contributed by atoms with van der Waals surface area (Å²) >= 11 is 0. The van der Waals surface area contributed by atoms with Crippen molar-refractivity contribution < 1.29 is 13.2 Å². The van der Waals surface area contributed by atoms with Crippen LogP contribution < -0.4 is 15.2 Å². The molecule has 0 saturated heterocycles. The Hall–Kier alpha value is -2.12. The zero-order valence-corrected chi connectivity index (χ0v) is 12.4. The van der Waals surface area contributed by atoms with E-state index in [0.717, 1.165) is 5.56 Å². The number of rotatable bonds is 6. The van der Waals surface area contributed by atoms with Crippen LogP contribution in [0.2, 0.25) is 0 Å². The fourth-order valence-corrected chi connectivity index (χ4v) is 2.99. The molecule has 21 heavy (non-hydrogen) atoms. The van der Waals surface area contributed by atoms with Crippen molar-refractivity contribution in [3.8, 4) is 5.75 Å². The number of benzene rings is 1. The third-order valence-corrected chi connectivity index (χ3v) is 4.47. The van der Waals surface area contributed by atoms with E-state index in [4.69, 9.17) is 10.5 Å². The van der Waals surface area contributed by atoms with Crippen molar-refractivity contribution in [3.63, 3.8) is 0 Å². The van der Waals surface area contributed by atoms with Crippen molar-refractivity contribution in [2.45, 2.75) is 11.3 Å². The van der Waals surface area contributed by atoms with Crippen LogP contribution in [0.3, 0.4) is 0 Å². The van der Waals surface area contributed by atoms with Crippen molar-refractivity contribution in [1.29, 1.82) is 0 Å². The summed E-state index contributed by atoms with van der Waals surface area (Å²) in [6, 6.07) is 8.18. The number of nitrogens with two attached hydrogens (primary N) is 1. The molecule has 0 aliphatic carbocycles. The van der Waals surface area contributed by atoms with Gasteiger partial charge in [0.05, 0.1) is 12.8 Å². The maximum Gasteiger partial charge on any atom is 0.242 e. The summed E-state index contributed by atoms with van der Waals surface area (Å²) in [4.78, 5) is 4.03. The number of hydrogen-bond donors (Lipinski definition) is 2. The molecule has 0 amide bonds. The molecule has 1 heterocycles. The minimum atomic E-state index is -3.64. The molecule has 0 aliphatic rings. The molecule has 0 spiro atoms. The highest BCUT2D eigenvalue weighted by atomic mass is 32.2. The van der Waals surface area contributed by atoms with E-state index in [2.05, 4.69) is 9.71 Å². The molecule has 0 unspecified atom stereocenters. The van der Waals surface area contributed by atoms with E-state index in [1.165, 1.54) is 19.2 Å². The van der Waals surface area contributed by atoms with E-state index in [1.54, 1.807) is 18.5 Å². The molecule has 2 rings (SSSR count). The van der Waals surface area contributed by atoms with Crippen LogP contribution in [0.15, 0.2) is 47.6 Å². The molecule has 7 heteroatoms. The summed E-state index contributed by atoms with van der Waals surface area (Å²) in [5, 5.41) is 0. The van der Waals surface area contributed by atoms with E-state index in [-0.39, 0.29) is 17.1 Å². The van der Waals surface area contributed by atoms with Crippen molar-refractivity contribution >= 4 is 15.7 Å². The molecule has 0 fully saturated rings. The fraction of sp³-hybridized carbons (Fsp3) is 0.214. The molecule has 0 radical (unpaired) electrons. The number of aromatic nitrogens is 1. The van der Waals surface area contributed by atoms with Gasteiger partial charge in [-0.3, -0.25) is 4.98 Å². The SMILES string of the molecule is COc1ccc(S(=O)(=O)NCCc2cccnc2)c(N)c1. The lowest BCUT2D eigenvalue weighted by Crippen LogP contribution is -2.26. The summed E-state index contributed by atoms with van der Waals surface area (Å²) in [6.45, 7) is 0.277. The molecule has 3 N–H and O–H groups in total. The Labute approximate surface area is 124 Å². The molecule has 0 saturated carbocycles. The quantitative estimate of drug-likeness (QED) is 0.782. The number of ether oxygens (including phenoxy) is 1. The Morgan fingerprint density at radius 3 is 2.76 bits per heavy atom. The summed E-state index contributed by atoms with van der Waals surface area (Å²) in [7, 11) is -2.14. The lowest BCUT2D eigenvalue weighted by molar-refractivity contribution is 0.414. The van der Waals surface area contributed by atoms with Crippen molar-refractivity contribution in [3.05, 3.63) is 48.3 Å². The third-order valence-electron chi connectivity index (χ3n) is 2.94. The van der Waals surface area contributed by atoms with Gasteiger partial charge in [0.1, 0.15) is 10.6 Å². The number of nitrogen functional groups attached to an aromatic ring is 1. The largest absolute Gasteiger partial charge is 0.497 e. The standard InChI is InChI=1S/C14H17N3O3S/c1-20-12-4-5-14(13(15)9-12)21(18,19)17-8-6-11-3-2-7-16-10-11/h2-5,7,9-10,17H,6,8,15H2,1H3. The third kappa shape index (κ3) is 3.93. The summed E-state index contributed by atoms with van der Waals surface area (Å²) < 4.78 is 31.9. The second kappa shape index (κ2) is 6.55. The van der Waals surface area contributed by atoms with Crippen LogP contribution >= 0.6 is 0 Å². The molecule has 0 atom stereocenters. The fourth-order valence-electron chi connectivity index (χ4n) is 1.85. The number of hydrogen-bond acceptors (Lipinski definition) is 5. The van der Waals surface area contributed by atoms with Crippen LogP contribution in [-0.2, 0) is 16.4 Å². The van der Waals surface area contributed by atoms with Crippen molar-refractivity contribution in [1.82, 2.24) is 9.71 Å². The number of sulfonamides is 1. The first-order valence-electron chi connectivity index (χ1n) is 6.35. The van der Waals surface area contributed by atoms with Gasteiger partial charge in [-0.1, -0.05) is 6.07 Å². The first-order valence-corrected chi connectivity index (χ1v) is 7.83. The lowest BCUT2D eigenvalue weighted by Gasteiger charge is -2.10. The van der Waals surface area contributed by atoms with E-state index in [9.17, 15) is 8.42 Å². The Morgan fingerprint density at radius 2 is 2.14 bits per heavy atom. The average Bonchev–Trinajstić information content (AvgIpc) is 2.47. The topological polar surface area (TPSA) is 94.3 Å². The first-order chi connectivity index (χ1) is 10.0. The normalized spacial score (nSPS) is 11.3. The number of methoxy groups -OCH3 is 1. The van der Waals surface area contributed by atoms with Gasteiger partial charge in [0.15, 0.2) is 0 Å². The maximum atomic E-state index is 12.2. The molecule has 0 bridgehead atoms. The Kier molecular flexibility index (Phi) is 4.77. The molecule has 0 aliphatic heterocycles. The predicted octanol–water partition coefficient (Wildman–Crippen LogP) is 1.19. The number of nitrogens with one attached hydrogen (secondary N) is 1. The molecule has 112 valence electrons. The van der Waals surface area contributed by atoms with Gasteiger partial charge in [-0.2, -0.15) is 0 Å². The summed E-state index contributed by atoms with van der Waals surface area (Å²) in [6.07, 6.45) is 3.94. The molecule has 1 aromatic heterocycles. The lowest BCUT2D eigenvalue weighted by atomic mass is 10.2. The van der Waals surface area contributed by atoms with Gasteiger partial charge >= 0.3 is 0 Å². The predicted molar refractivity (Wildman–Crippen MR) is 80.5 cm³/mol. The van der Waals surface area contributed by atoms with Crippen LogP contribution in [0, 0.1) is 0 Å². The average molecular weight is 307 g/mol. The summed E-state index contributed by atoms with van der Waals surface area (Å²) in [5.74, 6) is 0.516. The van der Waals surface area contributed by atoms with Crippen molar-refractivity contribution in [2.75, 3.05) is 19.4 Å². The Balaban J connectivity index is 2.05. The molecule has 1 aromatic carbocycles. The number of anilines is 1. The second-order valence-corrected chi connectivity index (χ2v) is 6.15. The minimum Gasteiger partial charge on any atom is -0.497 e. The number of pyridine rings is 1. The van der Waals surface area contributed by atoms with Gasteiger partial charge in [0, 0.05) is 25.0 Å². The van der Waals surface area contributed by atoms with Gasteiger partial charge in [-0.25, -0.2) is 13.1 Å². The van der Waals surface area contributed by atoms with Crippen LogP contribution in [0.25, 0.3) is 0 Å². The van der Waals surface area contributed by atoms with Gasteiger partial charge in [0.2, 0.25) is 10.0 Å². The van der Waals surface area contributed by atoms with Crippen LogP contribution in [-0.4, -0.2) is 27.1 Å². The maximum absolute atomic E-state index is 12.2. The molecular weight excluding hydrogens is 290 g/mol. The molecule has 6 nitrogen and oxygen atoms in total. The molecule has 2 aromatic rings. The smallest absolute Gasteiger partial charge is 0.242 e. The zero-order valence-electron chi connectivity index (χ0n) is 11.6. The van der Waals surface area contributed by atoms with E-state index >= 15 is 0 Å². The van der Waals surface area contributed by atoms with E-state index in [0.29, 0.717) is 12.2 Å². The highest BCUT2D eigenvalue weighted by Crippen LogP contribution is 2.23. The van der Waals surface area contributed by atoms with E-state index < -0.39 is 10.0 Å². The van der Waals surface area contributed by atoms with Crippen LogP contribution in [0.4, 0.5) is 5.69 Å². The van der Waals surface area contributed by atoms with E-state index in [1.807, 2.05) is 12.1 Å². The monoisotopic (exact) mass is 307 g/mol. The van der Waals surface area contributed by atoms with Gasteiger partial charge in [0.25, 0.3) is 0 Å². The van der Waals surface area contributed by atoms with Crippen LogP contribution in [0.5, 0.6) is 5.75 Å². The summed E-state index contributed by atoms with van der Waals surface area (Å²) in [5.41, 5.74) is 6.87. The van der Waals surface area contributed by atoms with Gasteiger partial charge in [-0.15, -0.1) is 0 Å². The van der Waals surface area contributed by atoms with Gasteiger partial charge in [-0.05, 0) is 30.2 Å². The first kappa shape index (κ1) is 15.3. The Bertz CT molecular complexity index is 703. The second-order valence-electron chi connectivity index (χ2n) is 4.41. The number of nitrogens with zero attached hydrogens (tertiary/aromatic N) is 1. The zero-order chi connectivity index (χ0) is 15.3. The highest BCUT2D eigenvalue weighted by Gasteiger charge is 2.17. The van der Waals surface area contributed by atoms with Crippen molar-refractivity contribution in [2.24, 2.45) is 0 Å². The Morgan fingerprint density at radius 1 is 1.33 bits per heavy atom. The van der Waals surface area contributed by atoms with Crippen LogP contribution in [0.1, 0.15) is 5.56 Å². The minimum absolute atomic E-state index is 0.0505. The van der Waals surface area contributed by atoms with Gasteiger partial charge < -0.3 is 10.5 Å².